The highest BCUT2D eigenvalue weighted by Gasteiger charge is 2.30. The van der Waals surface area contributed by atoms with E-state index in [9.17, 15) is 18.9 Å². The Morgan fingerprint density at radius 1 is 1.22 bits per heavy atom. The first-order valence-corrected chi connectivity index (χ1v) is 9.65. The quantitative estimate of drug-likeness (QED) is 0.791. The summed E-state index contributed by atoms with van der Waals surface area (Å²) in [5.74, 6) is -1.72. The summed E-state index contributed by atoms with van der Waals surface area (Å²) in [6.07, 6.45) is 1.28. The van der Waals surface area contributed by atoms with Crippen molar-refractivity contribution in [2.75, 3.05) is 43.9 Å². The second-order valence-electron chi connectivity index (χ2n) is 6.64. The van der Waals surface area contributed by atoms with E-state index in [0.29, 0.717) is 30.0 Å². The van der Waals surface area contributed by atoms with Gasteiger partial charge >= 0.3 is 5.97 Å². The van der Waals surface area contributed by atoms with Crippen molar-refractivity contribution >= 4 is 45.8 Å². The number of benzene rings is 1. The zero-order valence-corrected chi connectivity index (χ0v) is 16.2. The predicted octanol–water partition coefficient (Wildman–Crippen LogP) is 1.13. The molecular weight excluding hydrogens is 397 g/mol. The SMILES string of the molecule is CN1CCN(c2c(F)cc3c(=O)c(C(=O)O)cn4c3c2S(=O)CC4)CC1.Cl. The van der Waals surface area contributed by atoms with Crippen LogP contribution < -0.4 is 10.3 Å². The third kappa shape index (κ3) is 3.13. The van der Waals surface area contributed by atoms with Gasteiger partial charge in [-0.3, -0.25) is 9.00 Å². The molecule has 146 valence electrons. The van der Waals surface area contributed by atoms with Crippen LogP contribution in [0.1, 0.15) is 10.4 Å². The number of piperazine rings is 1. The van der Waals surface area contributed by atoms with Gasteiger partial charge in [0, 0.05) is 44.7 Å². The highest BCUT2D eigenvalue weighted by Crippen LogP contribution is 2.36. The Hall–Kier alpha value is -1.97. The molecule has 1 saturated heterocycles. The zero-order valence-electron chi connectivity index (χ0n) is 14.6. The molecule has 3 heterocycles. The van der Waals surface area contributed by atoms with Gasteiger partial charge in [0.1, 0.15) is 11.4 Å². The van der Waals surface area contributed by atoms with E-state index >= 15 is 4.39 Å². The molecule has 1 N–H and O–H groups in total. The van der Waals surface area contributed by atoms with Gasteiger partial charge < -0.3 is 19.5 Å². The topological polar surface area (TPSA) is 82.8 Å². The Morgan fingerprint density at radius 3 is 2.52 bits per heavy atom. The second-order valence-corrected chi connectivity index (χ2v) is 8.15. The lowest BCUT2D eigenvalue weighted by Gasteiger charge is -2.36. The van der Waals surface area contributed by atoms with Crippen molar-refractivity contribution in [1.82, 2.24) is 9.47 Å². The number of nitrogens with zero attached hydrogens (tertiary/aromatic N) is 3. The second kappa shape index (κ2) is 7.21. The molecule has 0 saturated carbocycles. The summed E-state index contributed by atoms with van der Waals surface area (Å²) in [5, 5.41) is 9.23. The molecule has 27 heavy (non-hydrogen) atoms. The van der Waals surface area contributed by atoms with Crippen LogP contribution >= 0.6 is 12.4 Å². The van der Waals surface area contributed by atoms with Crippen LogP contribution in [-0.4, -0.2) is 63.7 Å². The molecule has 0 aliphatic carbocycles. The lowest BCUT2D eigenvalue weighted by molar-refractivity contribution is 0.0695. The van der Waals surface area contributed by atoms with E-state index in [1.54, 1.807) is 4.57 Å². The Morgan fingerprint density at radius 2 is 1.89 bits per heavy atom. The van der Waals surface area contributed by atoms with Gasteiger partial charge in [0.15, 0.2) is 0 Å². The smallest absolute Gasteiger partial charge is 0.341 e. The molecule has 7 nitrogen and oxygen atoms in total. The van der Waals surface area contributed by atoms with Crippen LogP contribution in [0, 0.1) is 5.82 Å². The Labute approximate surface area is 163 Å². The largest absolute Gasteiger partial charge is 0.477 e. The average molecular weight is 416 g/mol. The van der Waals surface area contributed by atoms with Crippen LogP contribution in [0.5, 0.6) is 0 Å². The third-order valence-corrected chi connectivity index (χ3v) is 6.43. The van der Waals surface area contributed by atoms with Crippen LogP contribution in [0.4, 0.5) is 10.1 Å². The van der Waals surface area contributed by atoms with Crippen LogP contribution in [0.25, 0.3) is 10.9 Å². The number of aromatic carboxylic acids is 1. The normalized spacial score (nSPS) is 19.8. The fraction of sp³-hybridized carbons (Fsp3) is 0.412. The molecule has 1 aromatic carbocycles. The minimum atomic E-state index is -1.45. The number of anilines is 1. The molecule has 0 amide bonds. The van der Waals surface area contributed by atoms with Crippen LogP contribution in [0.2, 0.25) is 0 Å². The molecule has 10 heteroatoms. The number of hydrogen-bond donors (Lipinski definition) is 1. The van der Waals surface area contributed by atoms with Gasteiger partial charge in [-0.05, 0) is 13.1 Å². The first kappa shape index (κ1) is 19.8. The third-order valence-electron chi connectivity index (χ3n) is 5.04. The van der Waals surface area contributed by atoms with Gasteiger partial charge in [-0.15, -0.1) is 12.4 Å². The predicted molar refractivity (Wildman–Crippen MR) is 103 cm³/mol. The molecule has 0 spiro atoms. The van der Waals surface area contributed by atoms with E-state index in [0.717, 1.165) is 19.2 Å². The number of carboxylic acid groups (broad SMARTS) is 1. The highest BCUT2D eigenvalue weighted by atomic mass is 35.5. The number of likely N-dealkylation sites (N-methyl/N-ethyl adjacent to an activating group) is 1. The summed E-state index contributed by atoms with van der Waals surface area (Å²) in [7, 11) is 0.539. The van der Waals surface area contributed by atoms with Gasteiger partial charge in [-0.1, -0.05) is 0 Å². The summed E-state index contributed by atoms with van der Waals surface area (Å²) in [6.45, 7) is 3.04. The molecule has 2 aliphatic heterocycles. The molecule has 2 aliphatic rings. The molecule has 1 aromatic heterocycles. The molecule has 1 atom stereocenters. The molecule has 0 bridgehead atoms. The number of carboxylic acids is 1. The van der Waals surface area contributed by atoms with E-state index in [1.807, 2.05) is 11.9 Å². The average Bonchev–Trinajstić information content (AvgIpc) is 2.60. The van der Waals surface area contributed by atoms with E-state index in [1.165, 1.54) is 6.20 Å². The molecular formula is C17H19ClFN3O4S. The van der Waals surface area contributed by atoms with E-state index in [4.69, 9.17) is 0 Å². The molecule has 0 radical (unpaired) electrons. The lowest BCUT2D eigenvalue weighted by atomic mass is 10.1. The standard InChI is InChI=1S/C17H18FN3O4S.ClH/c1-19-2-4-20(5-3-19)14-12(18)8-10-13-16(14)26(25)7-6-21(13)9-11(15(10)22)17(23)24;/h8-9H,2-7H2,1H3,(H,23,24);1H. The van der Waals surface area contributed by atoms with Crippen LogP contribution in [0.3, 0.4) is 0 Å². The maximum Gasteiger partial charge on any atom is 0.341 e. The Balaban J connectivity index is 0.00000210. The van der Waals surface area contributed by atoms with Gasteiger partial charge in [0.05, 0.1) is 32.3 Å². The molecule has 2 aromatic rings. The first-order valence-electron chi connectivity index (χ1n) is 8.33. The summed E-state index contributed by atoms with van der Waals surface area (Å²) in [5.41, 5.74) is -0.477. The van der Waals surface area contributed by atoms with Crippen molar-refractivity contribution in [1.29, 1.82) is 0 Å². The van der Waals surface area contributed by atoms with Crippen molar-refractivity contribution in [3.05, 3.63) is 33.9 Å². The van der Waals surface area contributed by atoms with E-state index in [2.05, 4.69) is 4.90 Å². The lowest BCUT2D eigenvalue weighted by Crippen LogP contribution is -2.45. The van der Waals surface area contributed by atoms with Gasteiger partial charge in [0.25, 0.3) is 0 Å². The monoisotopic (exact) mass is 415 g/mol. The Bertz CT molecular complexity index is 1020. The first-order chi connectivity index (χ1) is 12.4. The minimum absolute atomic E-state index is 0. The van der Waals surface area contributed by atoms with Crippen LogP contribution in [-0.2, 0) is 17.3 Å². The van der Waals surface area contributed by atoms with Crippen molar-refractivity contribution < 1.29 is 18.5 Å². The number of pyridine rings is 1. The van der Waals surface area contributed by atoms with E-state index in [-0.39, 0.29) is 29.2 Å². The minimum Gasteiger partial charge on any atom is -0.477 e. The molecule has 1 fully saturated rings. The number of carbonyl (C=O) groups is 1. The fourth-order valence-corrected chi connectivity index (χ4v) is 5.09. The highest BCUT2D eigenvalue weighted by molar-refractivity contribution is 7.85. The van der Waals surface area contributed by atoms with Gasteiger partial charge in [0.2, 0.25) is 5.43 Å². The van der Waals surface area contributed by atoms with Gasteiger partial charge in [-0.25, -0.2) is 9.18 Å². The summed E-state index contributed by atoms with van der Waals surface area (Å²) < 4.78 is 29.4. The molecule has 4 rings (SSSR count). The number of rotatable bonds is 2. The van der Waals surface area contributed by atoms with E-state index < -0.39 is 33.6 Å². The number of hydrogen-bond acceptors (Lipinski definition) is 5. The number of aryl methyl sites for hydroxylation is 1. The summed E-state index contributed by atoms with van der Waals surface area (Å²) >= 11 is 0. The molecule has 1 unspecified atom stereocenters. The maximum absolute atomic E-state index is 15.0. The number of halogens is 2. The maximum atomic E-state index is 15.0. The van der Waals surface area contributed by atoms with Crippen molar-refractivity contribution in [2.45, 2.75) is 11.4 Å². The fourth-order valence-electron chi connectivity index (χ4n) is 3.64. The van der Waals surface area contributed by atoms with Crippen LogP contribution in [0.15, 0.2) is 22.0 Å². The Kier molecular flexibility index (Phi) is 5.29. The van der Waals surface area contributed by atoms with Gasteiger partial charge in [-0.2, -0.15) is 0 Å². The number of aromatic nitrogens is 1. The summed E-state index contributed by atoms with van der Waals surface area (Å²) in [4.78, 5) is 28.2. The van der Waals surface area contributed by atoms with Crippen molar-refractivity contribution in [2.24, 2.45) is 0 Å². The summed E-state index contributed by atoms with van der Waals surface area (Å²) in [6, 6.07) is 1.10. The van der Waals surface area contributed by atoms with Crippen molar-refractivity contribution in [3.63, 3.8) is 0 Å². The zero-order chi connectivity index (χ0) is 18.6. The van der Waals surface area contributed by atoms with Crippen molar-refractivity contribution in [3.8, 4) is 0 Å².